The van der Waals surface area contributed by atoms with E-state index < -0.39 is 24.8 Å². The lowest BCUT2D eigenvalue weighted by molar-refractivity contribution is -0.122. The van der Waals surface area contributed by atoms with E-state index in [0.717, 1.165) is 17.3 Å². The first-order valence-corrected chi connectivity index (χ1v) is 12.3. The summed E-state index contributed by atoms with van der Waals surface area (Å²) in [6.07, 6.45) is -4.63. The normalized spacial score (nSPS) is 17.8. The van der Waals surface area contributed by atoms with E-state index in [1.54, 1.807) is 17.0 Å². The molecule has 208 valence electrons. The first kappa shape index (κ1) is 26.9. The van der Waals surface area contributed by atoms with Gasteiger partial charge in [0, 0.05) is 30.4 Å². The van der Waals surface area contributed by atoms with Gasteiger partial charge in [-0.1, -0.05) is 53.6 Å². The maximum absolute atomic E-state index is 13.1. The van der Waals surface area contributed by atoms with Crippen molar-refractivity contribution in [2.45, 2.75) is 12.3 Å². The second kappa shape index (κ2) is 11.6. The molecule has 3 heterocycles. The number of rotatable bonds is 7. The molecule has 5 rings (SSSR count). The topological polar surface area (TPSA) is 141 Å². The predicted molar refractivity (Wildman–Crippen MR) is 141 cm³/mol. The van der Waals surface area contributed by atoms with Gasteiger partial charge in [0.25, 0.3) is 11.8 Å². The number of carbonyl (C=O) groups is 1. The van der Waals surface area contributed by atoms with Crippen LogP contribution in [0.2, 0.25) is 0 Å². The monoisotopic (exact) mass is 554 g/mol. The van der Waals surface area contributed by atoms with Gasteiger partial charge in [0.2, 0.25) is 6.17 Å². The van der Waals surface area contributed by atoms with Gasteiger partial charge in [-0.15, -0.1) is 5.10 Å². The molecule has 14 heteroatoms. The molecule has 1 atom stereocenters. The van der Waals surface area contributed by atoms with Gasteiger partial charge in [-0.3, -0.25) is 10.2 Å². The highest BCUT2D eigenvalue weighted by molar-refractivity contribution is 6.20. The van der Waals surface area contributed by atoms with E-state index in [0.29, 0.717) is 37.7 Å². The van der Waals surface area contributed by atoms with Crippen LogP contribution in [0.3, 0.4) is 0 Å². The van der Waals surface area contributed by atoms with Crippen LogP contribution in [0, 0.1) is 5.41 Å². The molecule has 2 aliphatic rings. The molecule has 0 saturated carbocycles. The molecule has 2 aromatic carbocycles. The van der Waals surface area contributed by atoms with Crippen molar-refractivity contribution in [3.63, 3.8) is 0 Å². The number of aliphatic imine (C=N–C) groups is 1. The first-order chi connectivity index (χ1) is 19.3. The number of fused-ring (bicyclic) bond motifs is 1. The third kappa shape index (κ3) is 6.29. The summed E-state index contributed by atoms with van der Waals surface area (Å²) in [4.78, 5) is 19.4. The van der Waals surface area contributed by atoms with Crippen molar-refractivity contribution < 1.29 is 27.1 Å². The Balaban J connectivity index is 1.43. The number of aromatic nitrogens is 2. The minimum absolute atomic E-state index is 0.0436. The Kier molecular flexibility index (Phi) is 7.77. The number of morpholine rings is 1. The zero-order valence-electron chi connectivity index (χ0n) is 21.0. The van der Waals surface area contributed by atoms with Crippen molar-refractivity contribution in [2.75, 3.05) is 43.5 Å². The van der Waals surface area contributed by atoms with E-state index in [1.165, 1.54) is 0 Å². The van der Waals surface area contributed by atoms with Crippen LogP contribution < -0.4 is 16.0 Å². The van der Waals surface area contributed by atoms with Crippen molar-refractivity contribution in [2.24, 2.45) is 4.99 Å². The van der Waals surface area contributed by atoms with Gasteiger partial charge < -0.3 is 30.0 Å². The van der Waals surface area contributed by atoms with Crippen molar-refractivity contribution in [3.8, 4) is 0 Å². The van der Waals surface area contributed by atoms with Crippen LogP contribution in [0.1, 0.15) is 17.0 Å². The molecule has 3 aromatic rings. The van der Waals surface area contributed by atoms with Crippen molar-refractivity contribution in [1.29, 1.82) is 5.41 Å². The van der Waals surface area contributed by atoms with E-state index >= 15 is 0 Å². The number of nitrogens with zero attached hydrogens (tertiary/aromatic N) is 4. The summed E-state index contributed by atoms with van der Waals surface area (Å²) in [7, 11) is 0. The van der Waals surface area contributed by atoms with Crippen LogP contribution in [0.5, 0.6) is 0 Å². The van der Waals surface area contributed by atoms with Gasteiger partial charge in [0.05, 0.1) is 30.2 Å². The van der Waals surface area contributed by atoms with Crippen LogP contribution in [0.25, 0.3) is 5.57 Å². The molecule has 4 N–H and O–H groups in total. The zero-order valence-corrected chi connectivity index (χ0v) is 21.0. The fourth-order valence-electron chi connectivity index (χ4n) is 4.15. The Bertz CT molecular complexity index is 1430. The highest BCUT2D eigenvalue weighted by atomic mass is 19.4. The molecular formula is C26H25F3N8O3. The van der Waals surface area contributed by atoms with E-state index in [9.17, 15) is 18.0 Å². The molecular weight excluding hydrogens is 529 g/mol. The Hall–Kier alpha value is -4.72. The summed E-state index contributed by atoms with van der Waals surface area (Å²) < 4.78 is 49.3. The standard InChI is InChI=1S/C26H25F3N8O3/c27-26(28,29)15-31-14-18(21(30)37-10-12-39-13-11-37)24-35-36-25(40-24)34-22-23(38)32-19-9-5-4-8-17(19)20(33-22)16-6-2-1-3-7-16/h1-9,14,22,30-31H,10-13,15H2,(H,32,38)(H,34,36)/b18-14+,30-21?. The number of nitrogens with one attached hydrogen (secondary N) is 4. The van der Waals surface area contributed by atoms with Gasteiger partial charge in [0.1, 0.15) is 12.4 Å². The van der Waals surface area contributed by atoms with Crippen LogP contribution in [-0.2, 0) is 9.53 Å². The minimum atomic E-state index is -4.47. The van der Waals surface area contributed by atoms with Gasteiger partial charge >= 0.3 is 12.2 Å². The molecule has 1 aromatic heterocycles. The SMILES string of the molecule is N=C(/C(=C\NCC(F)(F)F)c1nnc(NC2N=C(c3ccccc3)c3ccccc3NC2=O)o1)N1CCOCC1. The summed E-state index contributed by atoms with van der Waals surface area (Å²) in [5.41, 5.74) is 2.59. The summed E-state index contributed by atoms with van der Waals surface area (Å²) in [5, 5.41) is 24.2. The minimum Gasteiger partial charge on any atom is -0.403 e. The lowest BCUT2D eigenvalue weighted by Crippen LogP contribution is -2.41. The Morgan fingerprint density at radius 2 is 1.82 bits per heavy atom. The zero-order chi connectivity index (χ0) is 28.1. The number of anilines is 2. The van der Waals surface area contributed by atoms with Crippen molar-refractivity contribution in [1.82, 2.24) is 20.4 Å². The van der Waals surface area contributed by atoms with Crippen LogP contribution in [-0.4, -0.2) is 77.7 Å². The Morgan fingerprint density at radius 1 is 1.10 bits per heavy atom. The average Bonchev–Trinajstić information content (AvgIpc) is 3.36. The molecule has 0 aliphatic carbocycles. The molecule has 1 saturated heterocycles. The third-order valence-electron chi connectivity index (χ3n) is 6.04. The summed E-state index contributed by atoms with van der Waals surface area (Å²) in [6, 6.07) is 16.4. The van der Waals surface area contributed by atoms with E-state index in [4.69, 9.17) is 14.6 Å². The maximum atomic E-state index is 13.1. The largest absolute Gasteiger partial charge is 0.405 e. The van der Waals surface area contributed by atoms with Crippen molar-refractivity contribution >= 4 is 34.7 Å². The lowest BCUT2D eigenvalue weighted by Gasteiger charge is -2.29. The van der Waals surface area contributed by atoms with Crippen LogP contribution >= 0.6 is 0 Å². The number of hydrogen-bond donors (Lipinski definition) is 4. The number of carbonyl (C=O) groups excluding carboxylic acids is 1. The van der Waals surface area contributed by atoms with E-state index in [1.807, 2.05) is 42.5 Å². The summed E-state index contributed by atoms with van der Waals surface area (Å²) in [5.74, 6) is -0.805. The molecule has 1 fully saturated rings. The number of alkyl halides is 3. The van der Waals surface area contributed by atoms with Crippen molar-refractivity contribution in [3.05, 3.63) is 77.8 Å². The first-order valence-electron chi connectivity index (χ1n) is 12.3. The molecule has 40 heavy (non-hydrogen) atoms. The van der Waals surface area contributed by atoms with Gasteiger partial charge in [0.15, 0.2) is 0 Å². The van der Waals surface area contributed by atoms with E-state index in [-0.39, 0.29) is 23.3 Å². The summed E-state index contributed by atoms with van der Waals surface area (Å²) in [6.45, 7) is 0.154. The van der Waals surface area contributed by atoms with Gasteiger partial charge in [-0.2, -0.15) is 13.2 Å². The highest BCUT2D eigenvalue weighted by Gasteiger charge is 2.29. The Morgan fingerprint density at radius 3 is 2.58 bits per heavy atom. The lowest BCUT2D eigenvalue weighted by atomic mass is 10.0. The summed E-state index contributed by atoms with van der Waals surface area (Å²) >= 11 is 0. The molecule has 2 aliphatic heterocycles. The number of para-hydroxylation sites is 1. The van der Waals surface area contributed by atoms with Crippen LogP contribution in [0.15, 0.2) is 70.2 Å². The number of amides is 1. The smallest absolute Gasteiger partial charge is 0.403 e. The van der Waals surface area contributed by atoms with E-state index in [2.05, 4.69) is 31.1 Å². The fourth-order valence-corrected chi connectivity index (χ4v) is 4.15. The second-order valence-electron chi connectivity index (χ2n) is 8.84. The quantitative estimate of drug-likeness (QED) is 0.258. The molecule has 0 bridgehead atoms. The van der Waals surface area contributed by atoms with Gasteiger partial charge in [-0.25, -0.2) is 4.99 Å². The second-order valence-corrected chi connectivity index (χ2v) is 8.84. The molecule has 1 unspecified atom stereocenters. The fraction of sp³-hybridized carbons (Fsp3) is 0.269. The number of benzodiazepines with no additional fused rings is 1. The molecule has 0 spiro atoms. The number of hydrogen-bond acceptors (Lipinski definition) is 9. The molecule has 11 nitrogen and oxygen atoms in total. The number of halogens is 3. The third-order valence-corrected chi connectivity index (χ3v) is 6.04. The highest BCUT2D eigenvalue weighted by Crippen LogP contribution is 2.25. The number of amidine groups is 1. The number of ether oxygens (including phenoxy) is 1. The maximum Gasteiger partial charge on any atom is 0.405 e. The predicted octanol–water partition coefficient (Wildman–Crippen LogP) is 3.10. The average molecular weight is 555 g/mol. The van der Waals surface area contributed by atoms with Gasteiger partial charge in [-0.05, 0) is 6.07 Å². The van der Waals surface area contributed by atoms with Crippen LogP contribution in [0.4, 0.5) is 24.9 Å². The molecule has 0 radical (unpaired) electrons. The number of benzene rings is 2. The Labute approximate surface area is 226 Å². The molecule has 1 amide bonds.